The molecule has 232 valence electrons. The molecule has 0 rings (SSSR count). The molecule has 0 aliphatic rings. The predicted octanol–water partition coefficient (Wildman–Crippen LogP) is 6.09. The van der Waals surface area contributed by atoms with Crippen molar-refractivity contribution in [2.24, 2.45) is 0 Å². The van der Waals surface area contributed by atoms with Crippen LogP contribution in [0.5, 0.6) is 0 Å². The fourth-order valence-corrected chi connectivity index (χ4v) is 2.14. The molecular formula is C16H11F19O4. The third-order valence-corrected chi connectivity index (χ3v) is 4.37. The second-order valence-corrected chi connectivity index (χ2v) is 7.39. The Bertz CT molecular complexity index is 890. The van der Waals surface area contributed by atoms with E-state index in [2.05, 4.69) is 16.1 Å². The first-order valence-corrected chi connectivity index (χ1v) is 8.96. The van der Waals surface area contributed by atoms with Gasteiger partial charge in [0.2, 0.25) is 0 Å². The fraction of sp³-hybridized carbons (Fsp3) is 0.812. The van der Waals surface area contributed by atoms with Gasteiger partial charge in [0, 0.05) is 5.57 Å². The summed E-state index contributed by atoms with van der Waals surface area (Å²) in [4.78, 5) is 11.0. The third kappa shape index (κ3) is 5.69. The molecule has 0 bridgehead atoms. The van der Waals surface area contributed by atoms with Crippen LogP contribution in [0.3, 0.4) is 0 Å². The number of hydrogen-bond donors (Lipinski definition) is 1. The lowest BCUT2D eigenvalue weighted by atomic mass is 9.84. The molecular weight excluding hydrogens is 617 g/mol. The van der Waals surface area contributed by atoms with Gasteiger partial charge in [-0.05, 0) is 6.92 Å². The Morgan fingerprint density at radius 3 is 1.31 bits per heavy atom. The van der Waals surface area contributed by atoms with Gasteiger partial charge in [0.15, 0.2) is 0 Å². The topological polar surface area (TPSA) is 55.8 Å². The highest BCUT2D eigenvalue weighted by Crippen LogP contribution is 2.66. The maximum Gasteiger partial charge on any atom is 0.438 e. The van der Waals surface area contributed by atoms with Gasteiger partial charge in [-0.2, -0.15) is 79.0 Å². The van der Waals surface area contributed by atoms with Crippen molar-refractivity contribution in [1.29, 1.82) is 0 Å². The van der Waals surface area contributed by atoms with Crippen LogP contribution in [0, 0.1) is 0 Å². The van der Waals surface area contributed by atoms with Crippen molar-refractivity contribution in [3.05, 3.63) is 12.2 Å². The highest BCUT2D eigenvalue weighted by Gasteiger charge is 2.98. The van der Waals surface area contributed by atoms with E-state index in [1.807, 2.05) is 0 Å². The minimum atomic E-state index is -9.14. The molecule has 1 atom stereocenters. The van der Waals surface area contributed by atoms with Crippen LogP contribution < -0.4 is 0 Å². The van der Waals surface area contributed by atoms with Gasteiger partial charge >= 0.3 is 59.7 Å². The van der Waals surface area contributed by atoms with Gasteiger partial charge < -0.3 is 14.6 Å². The van der Waals surface area contributed by atoms with Crippen molar-refractivity contribution >= 4 is 5.97 Å². The Labute approximate surface area is 202 Å². The van der Waals surface area contributed by atoms with Gasteiger partial charge in [-0.25, -0.2) is 9.18 Å². The quantitative estimate of drug-likeness (QED) is 0.162. The van der Waals surface area contributed by atoms with E-state index in [1.54, 1.807) is 0 Å². The number of hydrogen-bond acceptors (Lipinski definition) is 4. The molecule has 0 saturated heterocycles. The summed E-state index contributed by atoms with van der Waals surface area (Å²) in [7, 11) is 0. The summed E-state index contributed by atoms with van der Waals surface area (Å²) >= 11 is 0. The molecule has 1 N–H and O–H groups in total. The third-order valence-electron chi connectivity index (χ3n) is 4.37. The van der Waals surface area contributed by atoms with Crippen molar-refractivity contribution < 1.29 is 103 Å². The van der Waals surface area contributed by atoms with Gasteiger partial charge in [0.1, 0.15) is 12.7 Å². The second kappa shape index (κ2) is 10.3. The normalized spacial score (nSPS) is 16.2. The number of rotatable bonds is 12. The number of aliphatic hydroxyl groups excluding tert-OH is 1. The van der Waals surface area contributed by atoms with Crippen LogP contribution in [0.15, 0.2) is 12.2 Å². The monoisotopic (exact) mass is 628 g/mol. The number of halogens is 19. The zero-order chi connectivity index (χ0) is 32.1. The first-order chi connectivity index (χ1) is 16.7. The lowest BCUT2D eigenvalue weighted by molar-refractivity contribution is -0.484. The van der Waals surface area contributed by atoms with Crippen LogP contribution in [0.1, 0.15) is 6.92 Å². The molecule has 23 heteroatoms. The molecule has 0 aliphatic heterocycles. The molecule has 0 fully saturated rings. The summed E-state index contributed by atoms with van der Waals surface area (Å²) in [5.41, 5.74) is -9.26. The molecule has 0 aromatic carbocycles. The molecule has 0 radical (unpaired) electrons. The summed E-state index contributed by atoms with van der Waals surface area (Å²) in [5.74, 6) is -45.6. The summed E-state index contributed by atoms with van der Waals surface area (Å²) in [5, 5.41) is 9.13. The van der Waals surface area contributed by atoms with Crippen molar-refractivity contribution in [3.8, 4) is 0 Å². The van der Waals surface area contributed by atoms with Crippen LogP contribution >= 0.6 is 0 Å². The van der Waals surface area contributed by atoms with E-state index in [0.717, 1.165) is 6.92 Å². The van der Waals surface area contributed by atoms with E-state index in [4.69, 9.17) is 5.11 Å². The minimum Gasteiger partial charge on any atom is -0.460 e. The molecule has 0 aliphatic carbocycles. The summed E-state index contributed by atoms with van der Waals surface area (Å²) in [6.45, 7) is -0.0111. The summed E-state index contributed by atoms with van der Waals surface area (Å²) in [6, 6.07) is 0. The molecule has 4 nitrogen and oxygen atoms in total. The standard InChI is InChI=1S/C16H11F19O4/c1-5(2)7(37)38-3-6(36)4-39-16(34,35)13(26,27)12(24,25)11(22,23)10(20,21)9(18,19)8(17,14(28,29)30)15(31,32)33/h6,36H,1,3-4H2,2H3. The molecule has 0 amide bonds. The van der Waals surface area contributed by atoms with Crippen molar-refractivity contribution in [3.63, 3.8) is 0 Å². The van der Waals surface area contributed by atoms with E-state index in [0.29, 0.717) is 0 Å². The fourth-order valence-electron chi connectivity index (χ4n) is 2.14. The Morgan fingerprint density at radius 1 is 0.641 bits per heavy atom. The molecule has 0 saturated carbocycles. The molecule has 0 heterocycles. The van der Waals surface area contributed by atoms with Gasteiger partial charge in [0.05, 0.1) is 6.61 Å². The summed E-state index contributed by atoms with van der Waals surface area (Å²) < 4.78 is 257. The lowest BCUT2D eigenvalue weighted by Gasteiger charge is -2.44. The molecule has 0 spiro atoms. The van der Waals surface area contributed by atoms with E-state index in [1.165, 1.54) is 0 Å². The smallest absolute Gasteiger partial charge is 0.438 e. The number of alkyl halides is 19. The van der Waals surface area contributed by atoms with Crippen molar-refractivity contribution in [2.45, 2.75) is 66.8 Å². The van der Waals surface area contributed by atoms with E-state index in [9.17, 15) is 88.2 Å². The van der Waals surface area contributed by atoms with Crippen LogP contribution in [-0.4, -0.2) is 84.1 Å². The van der Waals surface area contributed by atoms with Gasteiger partial charge in [-0.3, -0.25) is 0 Å². The van der Waals surface area contributed by atoms with Crippen LogP contribution in [-0.2, 0) is 14.3 Å². The van der Waals surface area contributed by atoms with Crippen LogP contribution in [0.4, 0.5) is 83.4 Å². The average Bonchev–Trinajstić information content (AvgIpc) is 2.72. The van der Waals surface area contributed by atoms with E-state index < -0.39 is 84.6 Å². The van der Waals surface area contributed by atoms with Gasteiger partial charge in [0.25, 0.3) is 0 Å². The maximum atomic E-state index is 13.6. The van der Waals surface area contributed by atoms with Crippen molar-refractivity contribution in [1.82, 2.24) is 0 Å². The second-order valence-electron chi connectivity index (χ2n) is 7.39. The number of carbonyl (C=O) groups excluding carboxylic acids is 1. The Morgan fingerprint density at radius 2 is 0.974 bits per heavy atom. The molecule has 0 aromatic heterocycles. The minimum absolute atomic E-state index is 0.437. The van der Waals surface area contributed by atoms with Crippen LogP contribution in [0.2, 0.25) is 0 Å². The summed E-state index contributed by atoms with van der Waals surface area (Å²) in [6.07, 6.45) is -26.7. The number of aliphatic hydroxyl groups is 1. The van der Waals surface area contributed by atoms with E-state index in [-0.39, 0.29) is 0 Å². The lowest BCUT2D eigenvalue weighted by Crippen LogP contribution is -2.77. The highest BCUT2D eigenvalue weighted by molar-refractivity contribution is 5.86. The Hall–Kier alpha value is -2.20. The SMILES string of the molecule is C=C(C)C(=O)OCC(O)COC(F)(F)C(F)(F)C(F)(F)C(F)(F)C(F)(F)C(F)(F)C(F)(C(F)(F)F)C(F)(F)F. The van der Waals surface area contributed by atoms with Gasteiger partial charge in [-0.1, -0.05) is 6.58 Å². The molecule has 0 aromatic rings. The average molecular weight is 628 g/mol. The van der Waals surface area contributed by atoms with Gasteiger partial charge in [-0.15, -0.1) is 0 Å². The number of ether oxygens (including phenoxy) is 2. The highest BCUT2D eigenvalue weighted by atomic mass is 19.4. The molecule has 1 unspecified atom stereocenters. The Balaban J connectivity index is 6.50. The van der Waals surface area contributed by atoms with Crippen molar-refractivity contribution in [2.75, 3.05) is 13.2 Å². The van der Waals surface area contributed by atoms with Crippen LogP contribution in [0.25, 0.3) is 0 Å². The zero-order valence-electron chi connectivity index (χ0n) is 18.1. The number of esters is 1. The largest absolute Gasteiger partial charge is 0.460 e. The first kappa shape index (κ1) is 36.8. The zero-order valence-corrected chi connectivity index (χ0v) is 18.1. The first-order valence-electron chi connectivity index (χ1n) is 8.96. The predicted molar refractivity (Wildman–Crippen MR) is 83.4 cm³/mol. The maximum absolute atomic E-state index is 13.6. The molecule has 39 heavy (non-hydrogen) atoms. The Kier molecular flexibility index (Phi) is 9.74. The number of carbonyl (C=O) groups is 1. The van der Waals surface area contributed by atoms with E-state index >= 15 is 0 Å².